The van der Waals surface area contributed by atoms with E-state index in [0.717, 1.165) is 35.4 Å². The molecule has 1 amide bonds. The lowest BCUT2D eigenvalue weighted by Crippen LogP contribution is -2.41. The van der Waals surface area contributed by atoms with Crippen LogP contribution in [0.1, 0.15) is 12.8 Å². The molecule has 0 aliphatic carbocycles. The summed E-state index contributed by atoms with van der Waals surface area (Å²) < 4.78 is 5.89. The number of para-hydroxylation sites is 2. The molecule has 3 heterocycles. The summed E-state index contributed by atoms with van der Waals surface area (Å²) in [5.41, 5.74) is 1.66. The van der Waals surface area contributed by atoms with Crippen LogP contribution in [-0.4, -0.2) is 40.8 Å². The quantitative estimate of drug-likeness (QED) is 0.674. The van der Waals surface area contributed by atoms with Gasteiger partial charge in [-0.2, -0.15) is 4.98 Å². The van der Waals surface area contributed by atoms with Crippen molar-refractivity contribution in [2.24, 2.45) is 0 Å². The number of rotatable bonds is 6. The number of thioether (sulfide) groups is 1. The van der Waals surface area contributed by atoms with Gasteiger partial charge < -0.3 is 14.6 Å². The van der Waals surface area contributed by atoms with Crippen molar-refractivity contribution in [1.82, 2.24) is 15.3 Å². The SMILES string of the molecule is O=C(CSc1ccncc1)NCC1CCCN1c1nc2ccccc2o1. The molecule has 4 rings (SSSR count). The predicted molar refractivity (Wildman–Crippen MR) is 102 cm³/mol. The number of hydrogen-bond acceptors (Lipinski definition) is 6. The van der Waals surface area contributed by atoms with E-state index in [9.17, 15) is 4.79 Å². The number of nitrogens with zero attached hydrogens (tertiary/aromatic N) is 3. The first-order valence-corrected chi connectivity index (χ1v) is 9.70. The van der Waals surface area contributed by atoms with E-state index in [-0.39, 0.29) is 11.9 Å². The highest BCUT2D eigenvalue weighted by Crippen LogP contribution is 2.28. The smallest absolute Gasteiger partial charge is 0.298 e. The van der Waals surface area contributed by atoms with Crippen molar-refractivity contribution in [3.63, 3.8) is 0 Å². The number of aromatic nitrogens is 2. The van der Waals surface area contributed by atoms with E-state index in [0.29, 0.717) is 18.3 Å². The number of benzene rings is 1. The largest absolute Gasteiger partial charge is 0.423 e. The van der Waals surface area contributed by atoms with Crippen LogP contribution in [0.25, 0.3) is 11.1 Å². The molecular formula is C19H20N4O2S. The Bertz CT molecular complexity index is 850. The molecule has 2 aromatic heterocycles. The Labute approximate surface area is 156 Å². The molecule has 7 heteroatoms. The van der Waals surface area contributed by atoms with Gasteiger partial charge in [0.05, 0.1) is 11.8 Å². The molecular weight excluding hydrogens is 348 g/mol. The second-order valence-corrected chi connectivity index (χ2v) is 7.28. The number of oxazole rings is 1. The van der Waals surface area contributed by atoms with Gasteiger partial charge in [-0.1, -0.05) is 12.1 Å². The van der Waals surface area contributed by atoms with Gasteiger partial charge in [0, 0.05) is 30.4 Å². The Morgan fingerprint density at radius 2 is 2.12 bits per heavy atom. The summed E-state index contributed by atoms with van der Waals surface area (Å²) in [5.74, 6) is 0.441. The second-order valence-electron chi connectivity index (χ2n) is 6.23. The maximum absolute atomic E-state index is 12.2. The number of pyridine rings is 1. The van der Waals surface area contributed by atoms with Crippen LogP contribution in [-0.2, 0) is 4.79 Å². The number of anilines is 1. The molecule has 1 unspecified atom stereocenters. The van der Waals surface area contributed by atoms with Gasteiger partial charge in [0.2, 0.25) is 5.91 Å². The number of hydrogen-bond donors (Lipinski definition) is 1. The first-order valence-electron chi connectivity index (χ1n) is 8.71. The van der Waals surface area contributed by atoms with Crippen molar-refractivity contribution in [1.29, 1.82) is 0 Å². The van der Waals surface area contributed by atoms with Crippen LogP contribution < -0.4 is 10.2 Å². The molecule has 3 aromatic rings. The molecule has 1 N–H and O–H groups in total. The van der Waals surface area contributed by atoms with E-state index in [1.165, 1.54) is 11.8 Å². The molecule has 0 spiro atoms. The number of carbonyl (C=O) groups is 1. The van der Waals surface area contributed by atoms with E-state index in [4.69, 9.17) is 4.42 Å². The average Bonchev–Trinajstić information content (AvgIpc) is 3.31. The van der Waals surface area contributed by atoms with Crippen molar-refractivity contribution >= 4 is 34.8 Å². The van der Waals surface area contributed by atoms with Crippen LogP contribution in [0.4, 0.5) is 6.01 Å². The summed E-state index contributed by atoms with van der Waals surface area (Å²) in [5, 5.41) is 3.04. The molecule has 1 aliphatic rings. The number of fused-ring (bicyclic) bond motifs is 1. The van der Waals surface area contributed by atoms with Crippen LogP contribution in [0, 0.1) is 0 Å². The van der Waals surface area contributed by atoms with Crippen molar-refractivity contribution in [3.05, 3.63) is 48.8 Å². The first kappa shape index (κ1) is 16.9. The third-order valence-corrected chi connectivity index (χ3v) is 5.47. The monoisotopic (exact) mass is 368 g/mol. The fourth-order valence-electron chi connectivity index (χ4n) is 3.15. The Kier molecular flexibility index (Phi) is 5.06. The fourth-order valence-corrected chi connectivity index (χ4v) is 3.86. The van der Waals surface area contributed by atoms with Crippen LogP contribution in [0.3, 0.4) is 0 Å². The molecule has 0 bridgehead atoms. The fraction of sp³-hybridized carbons (Fsp3) is 0.316. The van der Waals surface area contributed by atoms with Crippen molar-refractivity contribution in [3.8, 4) is 0 Å². The van der Waals surface area contributed by atoms with E-state index >= 15 is 0 Å². The highest BCUT2D eigenvalue weighted by molar-refractivity contribution is 8.00. The number of amides is 1. The van der Waals surface area contributed by atoms with Gasteiger partial charge in [-0.25, -0.2) is 0 Å². The number of nitrogens with one attached hydrogen (secondary N) is 1. The zero-order chi connectivity index (χ0) is 17.8. The van der Waals surface area contributed by atoms with E-state index in [1.54, 1.807) is 12.4 Å². The second kappa shape index (κ2) is 7.78. The zero-order valence-corrected chi connectivity index (χ0v) is 15.1. The standard InChI is InChI=1S/C19H20N4O2S/c24-18(13-26-15-7-9-20-10-8-15)21-12-14-4-3-11-23(14)19-22-16-5-1-2-6-17(16)25-19/h1-2,5-10,14H,3-4,11-13H2,(H,21,24). The molecule has 26 heavy (non-hydrogen) atoms. The Balaban J connectivity index is 1.33. The molecule has 1 aliphatic heterocycles. The predicted octanol–water partition coefficient (Wildman–Crippen LogP) is 3.10. The molecule has 0 saturated carbocycles. The van der Waals surface area contributed by atoms with E-state index in [2.05, 4.69) is 20.2 Å². The zero-order valence-electron chi connectivity index (χ0n) is 14.3. The lowest BCUT2D eigenvalue weighted by atomic mass is 10.2. The molecule has 6 nitrogen and oxygen atoms in total. The Hall–Kier alpha value is -2.54. The Morgan fingerprint density at radius 3 is 2.96 bits per heavy atom. The summed E-state index contributed by atoms with van der Waals surface area (Å²) in [6.45, 7) is 1.51. The van der Waals surface area contributed by atoms with Crippen LogP contribution in [0.15, 0.2) is 58.1 Å². The minimum absolute atomic E-state index is 0.0382. The van der Waals surface area contributed by atoms with Gasteiger partial charge in [-0.05, 0) is 37.1 Å². The van der Waals surface area contributed by atoms with Gasteiger partial charge in [0.25, 0.3) is 6.01 Å². The van der Waals surface area contributed by atoms with E-state index in [1.807, 2.05) is 36.4 Å². The van der Waals surface area contributed by atoms with Crippen LogP contribution in [0.2, 0.25) is 0 Å². The van der Waals surface area contributed by atoms with Crippen molar-refractivity contribution in [2.75, 3.05) is 23.7 Å². The highest BCUT2D eigenvalue weighted by Gasteiger charge is 2.28. The third kappa shape index (κ3) is 3.83. The topological polar surface area (TPSA) is 71.3 Å². The first-order chi connectivity index (χ1) is 12.8. The van der Waals surface area contributed by atoms with Gasteiger partial charge >= 0.3 is 0 Å². The lowest BCUT2D eigenvalue weighted by molar-refractivity contribution is -0.118. The minimum Gasteiger partial charge on any atom is -0.423 e. The van der Waals surface area contributed by atoms with E-state index < -0.39 is 0 Å². The van der Waals surface area contributed by atoms with Crippen LogP contribution in [0.5, 0.6) is 0 Å². The highest BCUT2D eigenvalue weighted by atomic mass is 32.2. The molecule has 1 atom stereocenters. The van der Waals surface area contributed by atoms with Gasteiger partial charge in [-0.3, -0.25) is 9.78 Å². The summed E-state index contributed by atoms with van der Waals surface area (Å²) in [6, 6.07) is 12.5. The maximum Gasteiger partial charge on any atom is 0.298 e. The number of carbonyl (C=O) groups excluding carboxylic acids is 1. The lowest BCUT2D eigenvalue weighted by Gasteiger charge is -2.23. The van der Waals surface area contributed by atoms with Crippen molar-refractivity contribution < 1.29 is 9.21 Å². The van der Waals surface area contributed by atoms with Crippen molar-refractivity contribution in [2.45, 2.75) is 23.8 Å². The normalized spacial score (nSPS) is 16.9. The molecule has 1 saturated heterocycles. The third-order valence-electron chi connectivity index (χ3n) is 4.46. The van der Waals surface area contributed by atoms with Gasteiger partial charge in [-0.15, -0.1) is 11.8 Å². The summed E-state index contributed by atoms with van der Waals surface area (Å²) in [7, 11) is 0. The van der Waals surface area contributed by atoms with Crippen LogP contribution >= 0.6 is 11.8 Å². The molecule has 1 fully saturated rings. The summed E-state index contributed by atoms with van der Waals surface area (Å²) in [4.78, 5) is 23.9. The van der Waals surface area contributed by atoms with Gasteiger partial charge in [0.15, 0.2) is 5.58 Å². The molecule has 1 aromatic carbocycles. The average molecular weight is 368 g/mol. The van der Waals surface area contributed by atoms with Gasteiger partial charge in [0.1, 0.15) is 5.52 Å². The molecule has 134 valence electrons. The Morgan fingerprint density at radius 1 is 1.27 bits per heavy atom. The maximum atomic E-state index is 12.2. The molecule has 0 radical (unpaired) electrons. The minimum atomic E-state index is 0.0382. The summed E-state index contributed by atoms with van der Waals surface area (Å²) in [6.07, 6.45) is 5.56. The summed E-state index contributed by atoms with van der Waals surface area (Å²) >= 11 is 1.51.